The van der Waals surface area contributed by atoms with E-state index < -0.39 is 17.2 Å². The van der Waals surface area contributed by atoms with Gasteiger partial charge in [0.1, 0.15) is 11.6 Å². The van der Waals surface area contributed by atoms with Gasteiger partial charge < -0.3 is 5.11 Å². The third-order valence-corrected chi connectivity index (χ3v) is 2.69. The molecule has 1 aromatic rings. The summed E-state index contributed by atoms with van der Waals surface area (Å²) in [6.07, 6.45) is 2.49. The van der Waals surface area contributed by atoms with E-state index in [-0.39, 0.29) is 0 Å². The summed E-state index contributed by atoms with van der Waals surface area (Å²) in [6.45, 7) is 0. The van der Waals surface area contributed by atoms with Gasteiger partial charge in [0, 0.05) is 0 Å². The first-order valence-electron chi connectivity index (χ1n) is 4.75. The minimum atomic E-state index is -0.598. The molecule has 1 fully saturated rings. The van der Waals surface area contributed by atoms with Crippen LogP contribution in [0.15, 0.2) is 18.2 Å². The van der Waals surface area contributed by atoms with E-state index in [9.17, 15) is 13.9 Å². The highest BCUT2D eigenvalue weighted by atomic mass is 19.1. The second-order valence-electron chi connectivity index (χ2n) is 3.96. The van der Waals surface area contributed by atoms with Crippen LogP contribution in [0.5, 0.6) is 0 Å². The molecular formula is C11H12F2O. The highest BCUT2D eigenvalue weighted by Crippen LogP contribution is 2.39. The fraction of sp³-hybridized carbons (Fsp3) is 0.455. The molecule has 1 N–H and O–H groups in total. The van der Waals surface area contributed by atoms with Gasteiger partial charge in [0.15, 0.2) is 0 Å². The molecule has 0 saturated heterocycles. The van der Waals surface area contributed by atoms with E-state index in [0.29, 0.717) is 18.4 Å². The van der Waals surface area contributed by atoms with Crippen molar-refractivity contribution in [2.75, 3.05) is 0 Å². The SMILES string of the molecule is OC1(CCc2cc(F)ccc2F)CC1. The summed E-state index contributed by atoms with van der Waals surface area (Å²) in [5, 5.41) is 9.53. The average Bonchev–Trinajstić information content (AvgIpc) is 2.87. The van der Waals surface area contributed by atoms with Crippen LogP contribution in [-0.2, 0) is 6.42 Å². The van der Waals surface area contributed by atoms with Crippen molar-refractivity contribution in [3.05, 3.63) is 35.4 Å². The van der Waals surface area contributed by atoms with Crippen molar-refractivity contribution < 1.29 is 13.9 Å². The van der Waals surface area contributed by atoms with Gasteiger partial charge in [0.2, 0.25) is 0 Å². The van der Waals surface area contributed by atoms with Gasteiger partial charge >= 0.3 is 0 Å². The summed E-state index contributed by atoms with van der Waals surface area (Å²) < 4.78 is 25.9. The normalized spacial score (nSPS) is 18.2. The lowest BCUT2D eigenvalue weighted by molar-refractivity contribution is 0.140. The zero-order valence-electron chi connectivity index (χ0n) is 7.76. The lowest BCUT2D eigenvalue weighted by atomic mass is 10.1. The number of hydrogen-bond donors (Lipinski definition) is 1. The summed E-state index contributed by atoms with van der Waals surface area (Å²) in [4.78, 5) is 0. The topological polar surface area (TPSA) is 20.2 Å². The number of aliphatic hydroxyl groups is 1. The van der Waals surface area contributed by atoms with E-state index in [2.05, 4.69) is 0 Å². The molecule has 14 heavy (non-hydrogen) atoms. The largest absolute Gasteiger partial charge is 0.390 e. The molecule has 2 rings (SSSR count). The standard InChI is InChI=1S/C11H12F2O/c12-9-1-2-10(13)8(7-9)3-4-11(14)5-6-11/h1-2,7,14H,3-6H2. The van der Waals surface area contributed by atoms with E-state index >= 15 is 0 Å². The predicted molar refractivity (Wildman–Crippen MR) is 48.9 cm³/mol. The molecule has 1 aliphatic rings. The number of benzene rings is 1. The zero-order valence-corrected chi connectivity index (χ0v) is 7.76. The molecule has 1 nitrogen and oxygen atoms in total. The van der Waals surface area contributed by atoms with Crippen LogP contribution in [0.4, 0.5) is 8.78 Å². The monoisotopic (exact) mass is 198 g/mol. The Balaban J connectivity index is 2.04. The average molecular weight is 198 g/mol. The maximum absolute atomic E-state index is 13.1. The van der Waals surface area contributed by atoms with Crippen molar-refractivity contribution in [2.45, 2.75) is 31.3 Å². The van der Waals surface area contributed by atoms with Crippen LogP contribution in [0.3, 0.4) is 0 Å². The molecule has 3 heteroatoms. The second kappa shape index (κ2) is 3.31. The molecule has 0 atom stereocenters. The number of rotatable bonds is 3. The zero-order chi connectivity index (χ0) is 10.2. The highest BCUT2D eigenvalue weighted by Gasteiger charge is 2.39. The van der Waals surface area contributed by atoms with E-state index in [1.165, 1.54) is 6.07 Å². The van der Waals surface area contributed by atoms with Gasteiger partial charge in [-0.15, -0.1) is 0 Å². The minimum absolute atomic E-state index is 0.352. The van der Waals surface area contributed by atoms with Gasteiger partial charge in [-0.2, -0.15) is 0 Å². The first kappa shape index (κ1) is 9.59. The molecule has 0 aliphatic heterocycles. The van der Waals surface area contributed by atoms with Crippen LogP contribution < -0.4 is 0 Å². The Morgan fingerprint density at radius 2 is 2.00 bits per heavy atom. The molecule has 1 saturated carbocycles. The Kier molecular flexibility index (Phi) is 2.27. The molecule has 1 aromatic carbocycles. The lowest BCUT2D eigenvalue weighted by Crippen LogP contribution is -2.08. The Labute approximate surface area is 81.4 Å². The molecular weight excluding hydrogens is 186 g/mol. The molecule has 0 bridgehead atoms. The molecule has 0 heterocycles. The van der Waals surface area contributed by atoms with Crippen LogP contribution in [0, 0.1) is 11.6 Å². The summed E-state index contributed by atoms with van der Waals surface area (Å²) in [7, 11) is 0. The molecule has 0 spiro atoms. The maximum atomic E-state index is 13.1. The molecule has 0 amide bonds. The Bertz CT molecular complexity index is 345. The van der Waals surface area contributed by atoms with Gasteiger partial charge in [-0.1, -0.05) is 0 Å². The fourth-order valence-electron chi connectivity index (χ4n) is 1.50. The summed E-state index contributed by atoms with van der Waals surface area (Å²) >= 11 is 0. The molecule has 0 aromatic heterocycles. The third kappa shape index (κ3) is 2.10. The van der Waals surface area contributed by atoms with E-state index in [1.807, 2.05) is 0 Å². The maximum Gasteiger partial charge on any atom is 0.126 e. The number of aryl methyl sites for hydroxylation is 1. The van der Waals surface area contributed by atoms with Crippen molar-refractivity contribution >= 4 is 0 Å². The summed E-state index contributed by atoms with van der Waals surface area (Å²) in [6, 6.07) is 3.42. The molecule has 76 valence electrons. The second-order valence-corrected chi connectivity index (χ2v) is 3.96. The summed E-state index contributed by atoms with van der Waals surface area (Å²) in [5.41, 5.74) is -0.246. The van der Waals surface area contributed by atoms with Crippen molar-refractivity contribution in [1.82, 2.24) is 0 Å². The lowest BCUT2D eigenvalue weighted by Gasteiger charge is -2.07. The first-order chi connectivity index (χ1) is 6.59. The highest BCUT2D eigenvalue weighted by molar-refractivity contribution is 5.19. The van der Waals surface area contributed by atoms with Crippen LogP contribution in [0.25, 0.3) is 0 Å². The van der Waals surface area contributed by atoms with Crippen LogP contribution in [0.1, 0.15) is 24.8 Å². The van der Waals surface area contributed by atoms with E-state index in [1.54, 1.807) is 0 Å². The van der Waals surface area contributed by atoms with Gasteiger partial charge in [0.05, 0.1) is 5.60 Å². The smallest absolute Gasteiger partial charge is 0.126 e. The Morgan fingerprint density at radius 1 is 1.29 bits per heavy atom. The van der Waals surface area contributed by atoms with Gasteiger partial charge in [-0.3, -0.25) is 0 Å². The van der Waals surface area contributed by atoms with Crippen molar-refractivity contribution in [2.24, 2.45) is 0 Å². The van der Waals surface area contributed by atoms with Gasteiger partial charge in [-0.05, 0) is 49.4 Å². The fourth-order valence-corrected chi connectivity index (χ4v) is 1.50. The quantitative estimate of drug-likeness (QED) is 0.790. The summed E-state index contributed by atoms with van der Waals surface area (Å²) in [5.74, 6) is -0.820. The van der Waals surface area contributed by atoms with Crippen LogP contribution in [-0.4, -0.2) is 10.7 Å². The van der Waals surface area contributed by atoms with Crippen LogP contribution >= 0.6 is 0 Å². The van der Waals surface area contributed by atoms with Gasteiger partial charge in [-0.25, -0.2) is 8.78 Å². The Hall–Kier alpha value is -0.960. The molecule has 1 aliphatic carbocycles. The molecule has 0 radical (unpaired) electrons. The van der Waals surface area contributed by atoms with Crippen molar-refractivity contribution in [1.29, 1.82) is 0 Å². The predicted octanol–water partition coefficient (Wildman–Crippen LogP) is 2.42. The van der Waals surface area contributed by atoms with E-state index in [0.717, 1.165) is 25.0 Å². The van der Waals surface area contributed by atoms with Crippen molar-refractivity contribution in [3.8, 4) is 0 Å². The third-order valence-electron chi connectivity index (χ3n) is 2.69. The number of halogens is 2. The van der Waals surface area contributed by atoms with E-state index in [4.69, 9.17) is 0 Å². The minimum Gasteiger partial charge on any atom is -0.390 e. The number of hydrogen-bond acceptors (Lipinski definition) is 1. The van der Waals surface area contributed by atoms with Gasteiger partial charge in [0.25, 0.3) is 0 Å². The van der Waals surface area contributed by atoms with Crippen LogP contribution in [0.2, 0.25) is 0 Å². The van der Waals surface area contributed by atoms with Crippen molar-refractivity contribution in [3.63, 3.8) is 0 Å². The molecule has 0 unspecified atom stereocenters. The Morgan fingerprint density at radius 3 is 2.64 bits per heavy atom. The first-order valence-corrected chi connectivity index (χ1v) is 4.75.